The second-order valence-electron chi connectivity index (χ2n) is 8.22. The van der Waals surface area contributed by atoms with E-state index >= 15 is 0 Å². The number of aryl methyl sites for hydroxylation is 1. The summed E-state index contributed by atoms with van der Waals surface area (Å²) in [5, 5.41) is 6.15. The fourth-order valence-electron chi connectivity index (χ4n) is 4.10. The average molecular weight is 396 g/mol. The lowest BCUT2D eigenvalue weighted by atomic mass is 10.0. The lowest BCUT2D eigenvalue weighted by Crippen LogP contribution is -2.47. The van der Waals surface area contributed by atoms with Gasteiger partial charge in [-0.25, -0.2) is 0 Å². The van der Waals surface area contributed by atoms with Crippen molar-refractivity contribution in [3.63, 3.8) is 0 Å². The highest BCUT2D eigenvalue weighted by Crippen LogP contribution is 2.41. The van der Waals surface area contributed by atoms with E-state index in [0.29, 0.717) is 12.5 Å². The average Bonchev–Trinajstić information content (AvgIpc) is 3.22. The molecule has 2 amide bonds. The maximum absolute atomic E-state index is 12.8. The van der Waals surface area contributed by atoms with Gasteiger partial charge in [0.1, 0.15) is 5.76 Å². The van der Waals surface area contributed by atoms with Gasteiger partial charge in [0.25, 0.3) is 0 Å². The Kier molecular flexibility index (Phi) is 6.00. The third-order valence-corrected chi connectivity index (χ3v) is 5.88. The van der Waals surface area contributed by atoms with Crippen molar-refractivity contribution in [2.75, 3.05) is 13.1 Å². The van der Waals surface area contributed by atoms with Crippen LogP contribution in [0.4, 0.5) is 0 Å². The Morgan fingerprint density at radius 3 is 2.66 bits per heavy atom. The molecule has 2 unspecified atom stereocenters. The quantitative estimate of drug-likeness (QED) is 0.721. The molecule has 1 aliphatic heterocycles. The molecule has 2 atom stereocenters. The van der Waals surface area contributed by atoms with E-state index in [2.05, 4.69) is 41.8 Å². The zero-order chi connectivity index (χ0) is 20.2. The van der Waals surface area contributed by atoms with Gasteiger partial charge in [0.05, 0.1) is 31.4 Å². The van der Waals surface area contributed by atoms with Gasteiger partial charge < -0.3 is 15.1 Å². The molecule has 4 rings (SSSR count). The molecule has 2 aromatic rings. The third-order valence-electron chi connectivity index (χ3n) is 5.88. The molecule has 1 aromatic carbocycles. The molecule has 2 N–H and O–H groups in total. The normalized spacial score (nSPS) is 20.4. The van der Waals surface area contributed by atoms with Gasteiger partial charge in [0, 0.05) is 0 Å². The van der Waals surface area contributed by atoms with E-state index in [9.17, 15) is 9.59 Å². The smallest absolute Gasteiger partial charge is 0.237 e. The molecule has 6 heteroatoms. The number of nitrogens with one attached hydrogen (secondary N) is 2. The number of benzene rings is 1. The van der Waals surface area contributed by atoms with E-state index in [-0.39, 0.29) is 30.4 Å². The topological polar surface area (TPSA) is 74.6 Å². The summed E-state index contributed by atoms with van der Waals surface area (Å²) >= 11 is 0. The molecule has 1 saturated heterocycles. The minimum absolute atomic E-state index is 0.00629. The maximum atomic E-state index is 12.8. The number of carbonyl (C=O) groups is 2. The first-order valence-electron chi connectivity index (χ1n) is 10.5. The fourth-order valence-corrected chi connectivity index (χ4v) is 4.10. The molecular weight excluding hydrogens is 366 g/mol. The third kappa shape index (κ3) is 5.07. The minimum Gasteiger partial charge on any atom is -0.467 e. The summed E-state index contributed by atoms with van der Waals surface area (Å²) in [5.41, 5.74) is 2.38. The second kappa shape index (κ2) is 8.82. The van der Waals surface area contributed by atoms with E-state index < -0.39 is 0 Å². The second-order valence-corrected chi connectivity index (χ2v) is 8.22. The molecule has 2 fully saturated rings. The molecule has 6 nitrogen and oxygen atoms in total. The first-order valence-corrected chi connectivity index (χ1v) is 10.5. The van der Waals surface area contributed by atoms with Crippen LogP contribution in [0, 0.1) is 12.8 Å². The van der Waals surface area contributed by atoms with Gasteiger partial charge in [-0.1, -0.05) is 29.8 Å². The number of carbonyl (C=O) groups excluding carboxylic acids is 2. The zero-order valence-corrected chi connectivity index (χ0v) is 16.9. The molecule has 1 saturated carbocycles. The fraction of sp³-hybridized carbons (Fsp3) is 0.478. The highest BCUT2D eigenvalue weighted by molar-refractivity contribution is 5.84. The summed E-state index contributed by atoms with van der Waals surface area (Å²) in [4.78, 5) is 27.4. The number of nitrogens with zero attached hydrogens (tertiary/aromatic N) is 1. The predicted octanol–water partition coefficient (Wildman–Crippen LogP) is 2.94. The van der Waals surface area contributed by atoms with Crippen molar-refractivity contribution in [1.29, 1.82) is 0 Å². The highest BCUT2D eigenvalue weighted by atomic mass is 16.3. The maximum Gasteiger partial charge on any atom is 0.237 e. The van der Waals surface area contributed by atoms with Gasteiger partial charge in [-0.3, -0.25) is 14.5 Å². The summed E-state index contributed by atoms with van der Waals surface area (Å²) in [6.07, 6.45) is 5.61. The van der Waals surface area contributed by atoms with Crippen molar-refractivity contribution < 1.29 is 14.0 Å². The van der Waals surface area contributed by atoms with Crippen molar-refractivity contribution in [3.8, 4) is 0 Å². The van der Waals surface area contributed by atoms with Crippen molar-refractivity contribution in [3.05, 3.63) is 59.5 Å². The van der Waals surface area contributed by atoms with E-state index in [0.717, 1.165) is 38.0 Å². The lowest BCUT2D eigenvalue weighted by Gasteiger charge is -2.25. The van der Waals surface area contributed by atoms with Gasteiger partial charge in [0.2, 0.25) is 11.8 Å². The van der Waals surface area contributed by atoms with E-state index in [1.807, 2.05) is 11.0 Å². The largest absolute Gasteiger partial charge is 0.467 e. The molecule has 29 heavy (non-hydrogen) atoms. The van der Waals surface area contributed by atoms with Crippen LogP contribution in [0.3, 0.4) is 0 Å². The highest BCUT2D eigenvalue weighted by Gasteiger charge is 2.35. The van der Waals surface area contributed by atoms with Crippen LogP contribution in [-0.2, 0) is 16.1 Å². The Labute approximate surface area is 171 Å². The number of hydrogen-bond donors (Lipinski definition) is 2. The Balaban J connectivity index is 1.32. The van der Waals surface area contributed by atoms with Crippen LogP contribution >= 0.6 is 0 Å². The van der Waals surface area contributed by atoms with E-state index in [1.165, 1.54) is 11.1 Å². The summed E-state index contributed by atoms with van der Waals surface area (Å²) in [5.74, 6) is 1.20. The number of amides is 2. The summed E-state index contributed by atoms with van der Waals surface area (Å²) in [6.45, 7) is 3.47. The Hall–Kier alpha value is -2.60. The van der Waals surface area contributed by atoms with Gasteiger partial charge in [-0.2, -0.15) is 0 Å². The monoisotopic (exact) mass is 395 g/mol. The number of rotatable bonds is 8. The van der Waals surface area contributed by atoms with E-state index in [1.54, 1.807) is 12.3 Å². The Morgan fingerprint density at radius 2 is 1.97 bits per heavy atom. The van der Waals surface area contributed by atoms with Gasteiger partial charge in [-0.05, 0) is 62.8 Å². The lowest BCUT2D eigenvalue weighted by molar-refractivity contribution is -0.128. The molecular formula is C23H29N3O3. The van der Waals surface area contributed by atoms with E-state index in [4.69, 9.17) is 4.42 Å². The summed E-state index contributed by atoms with van der Waals surface area (Å²) < 4.78 is 5.27. The van der Waals surface area contributed by atoms with Crippen LogP contribution in [0.1, 0.15) is 48.6 Å². The van der Waals surface area contributed by atoms with Crippen LogP contribution in [0.25, 0.3) is 0 Å². The molecule has 1 aromatic heterocycles. The van der Waals surface area contributed by atoms with Crippen LogP contribution in [0.5, 0.6) is 0 Å². The Bertz CT molecular complexity index is 828. The molecule has 0 bridgehead atoms. The van der Waals surface area contributed by atoms with Crippen molar-refractivity contribution in [1.82, 2.24) is 15.5 Å². The first kappa shape index (κ1) is 19.7. The zero-order valence-electron chi connectivity index (χ0n) is 16.9. The van der Waals surface area contributed by atoms with Crippen LogP contribution in [0.2, 0.25) is 0 Å². The molecule has 154 valence electrons. The van der Waals surface area contributed by atoms with Gasteiger partial charge in [0.15, 0.2) is 0 Å². The molecule has 1 aliphatic carbocycles. The number of likely N-dealkylation sites (tertiary alicyclic amines) is 1. The van der Waals surface area contributed by atoms with Crippen LogP contribution in [-0.4, -0.2) is 35.8 Å². The SMILES string of the molecule is Cc1ccc(C(NC(=O)CN2CCCC2C(=O)NCc2ccco2)C2CC2)cc1. The standard InChI is InChI=1S/C23H29N3O3/c1-16-6-8-17(9-7-16)22(18-10-11-18)25-21(27)15-26-12-2-5-20(26)23(28)24-14-19-4-3-13-29-19/h3-4,6-9,13,18,20,22H,2,5,10-12,14-15H2,1H3,(H,24,28)(H,25,27). The first-order chi connectivity index (χ1) is 14.1. The summed E-state index contributed by atoms with van der Waals surface area (Å²) in [7, 11) is 0. The predicted molar refractivity (Wildman–Crippen MR) is 110 cm³/mol. The summed E-state index contributed by atoms with van der Waals surface area (Å²) in [6, 6.07) is 11.9. The molecule has 2 aliphatic rings. The number of furan rings is 1. The van der Waals surface area contributed by atoms with Crippen molar-refractivity contribution in [2.24, 2.45) is 5.92 Å². The van der Waals surface area contributed by atoms with Crippen molar-refractivity contribution in [2.45, 2.75) is 51.2 Å². The van der Waals surface area contributed by atoms with Gasteiger partial charge in [-0.15, -0.1) is 0 Å². The number of hydrogen-bond acceptors (Lipinski definition) is 4. The molecule has 0 spiro atoms. The molecule has 2 heterocycles. The van der Waals surface area contributed by atoms with Crippen LogP contribution in [0.15, 0.2) is 47.1 Å². The Morgan fingerprint density at radius 1 is 1.17 bits per heavy atom. The van der Waals surface area contributed by atoms with Gasteiger partial charge >= 0.3 is 0 Å². The van der Waals surface area contributed by atoms with Crippen LogP contribution < -0.4 is 10.6 Å². The molecule has 0 radical (unpaired) electrons. The minimum atomic E-state index is -0.255. The van der Waals surface area contributed by atoms with Crippen molar-refractivity contribution >= 4 is 11.8 Å².